The first-order valence-electron chi connectivity index (χ1n) is 5.56. The Labute approximate surface area is 103 Å². The molecule has 2 heterocycles. The van der Waals surface area contributed by atoms with Gasteiger partial charge < -0.3 is 0 Å². The molecule has 0 amide bonds. The standard InChI is InChI=1S/C12H12N4S/c1-3-10-15-16-11(13-14-12(16)17-10)9-6-4-8(2)5-7-9/h4-7H,3H2,1-2H3. The quantitative estimate of drug-likeness (QED) is 0.696. The van der Waals surface area contributed by atoms with Gasteiger partial charge in [0.15, 0.2) is 5.82 Å². The Morgan fingerprint density at radius 2 is 1.94 bits per heavy atom. The zero-order chi connectivity index (χ0) is 11.8. The molecule has 0 saturated carbocycles. The molecule has 3 rings (SSSR count). The van der Waals surface area contributed by atoms with Crippen LogP contribution in [0, 0.1) is 6.92 Å². The van der Waals surface area contributed by atoms with Gasteiger partial charge in [0.2, 0.25) is 4.96 Å². The van der Waals surface area contributed by atoms with Crippen LogP contribution in [0.25, 0.3) is 16.3 Å². The molecular formula is C12H12N4S. The summed E-state index contributed by atoms with van der Waals surface area (Å²) in [5, 5.41) is 13.9. The van der Waals surface area contributed by atoms with Gasteiger partial charge in [0.25, 0.3) is 0 Å². The predicted molar refractivity (Wildman–Crippen MR) is 68.2 cm³/mol. The number of aromatic nitrogens is 4. The molecule has 0 aliphatic carbocycles. The van der Waals surface area contributed by atoms with Crippen molar-refractivity contribution in [2.24, 2.45) is 0 Å². The van der Waals surface area contributed by atoms with Crippen LogP contribution in [0.15, 0.2) is 24.3 Å². The van der Waals surface area contributed by atoms with Gasteiger partial charge in [-0.15, -0.1) is 10.2 Å². The number of hydrogen-bond donors (Lipinski definition) is 0. The smallest absolute Gasteiger partial charge is 0.183 e. The van der Waals surface area contributed by atoms with E-state index in [9.17, 15) is 0 Å². The maximum absolute atomic E-state index is 4.50. The monoisotopic (exact) mass is 244 g/mol. The van der Waals surface area contributed by atoms with Crippen LogP contribution in [0.5, 0.6) is 0 Å². The van der Waals surface area contributed by atoms with Crippen molar-refractivity contribution in [3.05, 3.63) is 34.8 Å². The molecule has 2 aromatic heterocycles. The highest BCUT2D eigenvalue weighted by atomic mass is 32.1. The Balaban J connectivity index is 2.16. The number of hydrogen-bond acceptors (Lipinski definition) is 4. The zero-order valence-electron chi connectivity index (χ0n) is 9.71. The Bertz CT molecular complexity index is 651. The molecule has 1 aromatic carbocycles. The largest absolute Gasteiger partial charge is 0.234 e. The minimum Gasteiger partial charge on any atom is -0.183 e. The van der Waals surface area contributed by atoms with Crippen molar-refractivity contribution in [1.29, 1.82) is 0 Å². The summed E-state index contributed by atoms with van der Waals surface area (Å²) in [4.78, 5) is 0.859. The van der Waals surface area contributed by atoms with Crippen LogP contribution in [0.2, 0.25) is 0 Å². The summed E-state index contributed by atoms with van der Waals surface area (Å²) in [5.74, 6) is 0.816. The van der Waals surface area contributed by atoms with Crippen molar-refractivity contribution < 1.29 is 0 Å². The molecule has 0 spiro atoms. The van der Waals surface area contributed by atoms with E-state index in [1.165, 1.54) is 5.56 Å². The van der Waals surface area contributed by atoms with Gasteiger partial charge in [-0.25, -0.2) is 0 Å². The number of rotatable bonds is 2. The molecule has 0 aliphatic heterocycles. The lowest BCUT2D eigenvalue weighted by atomic mass is 10.1. The maximum Gasteiger partial charge on any atom is 0.234 e. The van der Waals surface area contributed by atoms with Crippen LogP contribution in [-0.4, -0.2) is 19.8 Å². The summed E-state index contributed by atoms with van der Waals surface area (Å²) in [5.41, 5.74) is 2.29. The fraction of sp³-hybridized carbons (Fsp3) is 0.250. The number of benzene rings is 1. The molecule has 0 aliphatic rings. The third kappa shape index (κ3) is 1.72. The lowest BCUT2D eigenvalue weighted by Gasteiger charge is -1.97. The molecule has 0 atom stereocenters. The van der Waals surface area contributed by atoms with E-state index in [2.05, 4.69) is 53.4 Å². The van der Waals surface area contributed by atoms with Crippen LogP contribution < -0.4 is 0 Å². The van der Waals surface area contributed by atoms with Crippen LogP contribution in [0.4, 0.5) is 0 Å². The van der Waals surface area contributed by atoms with Gasteiger partial charge in [-0.2, -0.15) is 9.61 Å². The van der Waals surface area contributed by atoms with Crippen molar-refractivity contribution >= 4 is 16.3 Å². The van der Waals surface area contributed by atoms with Crippen LogP contribution in [-0.2, 0) is 6.42 Å². The Kier molecular flexibility index (Phi) is 2.40. The third-order valence-electron chi connectivity index (χ3n) is 2.64. The van der Waals surface area contributed by atoms with E-state index in [1.54, 1.807) is 11.3 Å². The van der Waals surface area contributed by atoms with Gasteiger partial charge in [0, 0.05) is 5.56 Å². The SMILES string of the molecule is CCc1nn2c(-c3ccc(C)cc3)nnc2s1. The van der Waals surface area contributed by atoms with Gasteiger partial charge in [-0.3, -0.25) is 0 Å². The summed E-state index contributed by atoms with van der Waals surface area (Å²) >= 11 is 1.59. The number of fused-ring (bicyclic) bond motifs is 1. The summed E-state index contributed by atoms with van der Waals surface area (Å²) in [7, 11) is 0. The molecule has 0 fully saturated rings. The topological polar surface area (TPSA) is 43.1 Å². The third-order valence-corrected chi connectivity index (χ3v) is 3.69. The average molecular weight is 244 g/mol. The van der Waals surface area contributed by atoms with Crippen molar-refractivity contribution in [2.75, 3.05) is 0 Å². The summed E-state index contributed by atoms with van der Waals surface area (Å²) < 4.78 is 1.83. The first kappa shape index (κ1) is 10.4. The van der Waals surface area contributed by atoms with Gasteiger partial charge in [-0.05, 0) is 13.3 Å². The normalized spacial score (nSPS) is 11.2. The second-order valence-corrected chi connectivity index (χ2v) is 4.97. The highest BCUT2D eigenvalue weighted by Crippen LogP contribution is 2.21. The Morgan fingerprint density at radius 3 is 2.65 bits per heavy atom. The second-order valence-electron chi connectivity index (χ2n) is 3.93. The van der Waals surface area contributed by atoms with Crippen molar-refractivity contribution in [3.63, 3.8) is 0 Å². The van der Waals surface area contributed by atoms with Gasteiger partial charge in [0.1, 0.15) is 5.01 Å². The first-order valence-corrected chi connectivity index (χ1v) is 6.37. The lowest BCUT2D eigenvalue weighted by Crippen LogP contribution is -1.91. The molecule has 5 heteroatoms. The van der Waals surface area contributed by atoms with Gasteiger partial charge >= 0.3 is 0 Å². The molecule has 0 radical (unpaired) electrons. The Hall–Kier alpha value is -1.75. The minimum absolute atomic E-state index is 0.816. The lowest BCUT2D eigenvalue weighted by molar-refractivity contribution is 0.907. The maximum atomic E-state index is 4.50. The highest BCUT2D eigenvalue weighted by molar-refractivity contribution is 7.16. The molecule has 0 bridgehead atoms. The van der Waals surface area contributed by atoms with Crippen LogP contribution >= 0.6 is 11.3 Å². The second kappa shape index (κ2) is 3.92. The number of aryl methyl sites for hydroxylation is 2. The molecular weight excluding hydrogens is 232 g/mol. The predicted octanol–water partition coefficient (Wildman–Crippen LogP) is 2.72. The zero-order valence-corrected chi connectivity index (χ0v) is 10.5. The molecule has 0 saturated heterocycles. The van der Waals surface area contributed by atoms with Crippen molar-refractivity contribution in [2.45, 2.75) is 20.3 Å². The van der Waals surface area contributed by atoms with Gasteiger partial charge in [0.05, 0.1) is 0 Å². The van der Waals surface area contributed by atoms with E-state index in [1.807, 2.05) is 4.52 Å². The average Bonchev–Trinajstić information content (AvgIpc) is 2.89. The first-order chi connectivity index (χ1) is 8.28. The molecule has 17 heavy (non-hydrogen) atoms. The van der Waals surface area contributed by atoms with Crippen molar-refractivity contribution in [1.82, 2.24) is 19.8 Å². The summed E-state index contributed by atoms with van der Waals surface area (Å²) in [6, 6.07) is 8.25. The molecule has 0 unspecified atom stereocenters. The van der Waals surface area contributed by atoms with E-state index in [0.717, 1.165) is 27.8 Å². The van der Waals surface area contributed by atoms with E-state index in [4.69, 9.17) is 0 Å². The van der Waals surface area contributed by atoms with Crippen LogP contribution in [0.3, 0.4) is 0 Å². The minimum atomic E-state index is 0.816. The molecule has 86 valence electrons. The van der Waals surface area contributed by atoms with E-state index in [-0.39, 0.29) is 0 Å². The summed E-state index contributed by atoms with van der Waals surface area (Å²) in [6.45, 7) is 4.17. The highest BCUT2D eigenvalue weighted by Gasteiger charge is 2.12. The Morgan fingerprint density at radius 1 is 1.18 bits per heavy atom. The molecule has 3 aromatic rings. The van der Waals surface area contributed by atoms with E-state index >= 15 is 0 Å². The fourth-order valence-corrected chi connectivity index (χ4v) is 2.46. The van der Waals surface area contributed by atoms with E-state index < -0.39 is 0 Å². The van der Waals surface area contributed by atoms with Gasteiger partial charge in [-0.1, -0.05) is 48.1 Å². The van der Waals surface area contributed by atoms with Crippen molar-refractivity contribution in [3.8, 4) is 11.4 Å². The number of nitrogens with zero attached hydrogens (tertiary/aromatic N) is 4. The molecule has 4 nitrogen and oxygen atoms in total. The molecule has 0 N–H and O–H groups in total. The fourth-order valence-electron chi connectivity index (χ4n) is 1.68. The van der Waals surface area contributed by atoms with E-state index in [0.29, 0.717) is 0 Å². The van der Waals surface area contributed by atoms with Crippen LogP contribution in [0.1, 0.15) is 17.5 Å². The summed E-state index contributed by atoms with van der Waals surface area (Å²) in [6.07, 6.45) is 0.932.